The molecule has 6 rings (SSSR count). The largest absolute Gasteiger partial charge is 0.377 e. The number of ether oxygens (including phenoxy) is 1. The van der Waals surface area contributed by atoms with Gasteiger partial charge in [-0.2, -0.15) is 4.37 Å². The monoisotopic (exact) mass is 376 g/mol. The van der Waals surface area contributed by atoms with Crippen LogP contribution in [0.3, 0.4) is 0 Å². The molecule has 0 atom stereocenters. The van der Waals surface area contributed by atoms with Crippen LogP contribution in [0.4, 0.5) is 5.13 Å². The van der Waals surface area contributed by atoms with Crippen molar-refractivity contribution in [3.05, 3.63) is 5.82 Å². The van der Waals surface area contributed by atoms with Crippen LogP contribution in [0.2, 0.25) is 0 Å². The Morgan fingerprint density at radius 1 is 1.12 bits per heavy atom. The Morgan fingerprint density at radius 3 is 2.31 bits per heavy atom. The Labute approximate surface area is 159 Å². The highest BCUT2D eigenvalue weighted by Crippen LogP contribution is 2.60. The molecule has 0 unspecified atom stereocenters. The van der Waals surface area contributed by atoms with Gasteiger partial charge in [0.05, 0.1) is 5.41 Å². The lowest BCUT2D eigenvalue weighted by atomic mass is 9.49. The van der Waals surface area contributed by atoms with E-state index in [9.17, 15) is 4.79 Å². The molecular formula is C19H28N4O2S. The summed E-state index contributed by atoms with van der Waals surface area (Å²) in [6, 6.07) is 0. The van der Waals surface area contributed by atoms with E-state index in [2.05, 4.69) is 19.2 Å². The minimum Gasteiger partial charge on any atom is -0.377 e. The number of aromatic nitrogens is 2. The van der Waals surface area contributed by atoms with Crippen LogP contribution in [0.1, 0.15) is 44.3 Å². The number of rotatable bonds is 4. The van der Waals surface area contributed by atoms with Crippen molar-refractivity contribution in [2.75, 3.05) is 38.2 Å². The first kappa shape index (κ1) is 16.9. The highest BCUT2D eigenvalue weighted by Gasteiger charge is 2.55. The number of methoxy groups -OCH3 is 1. The molecule has 1 aliphatic heterocycles. The number of carbonyl (C=O) groups is 1. The van der Waals surface area contributed by atoms with Gasteiger partial charge in [-0.25, -0.2) is 4.98 Å². The molecule has 26 heavy (non-hydrogen) atoms. The SMILES string of the molecule is COCc1nsc(N2CCN(C(=O)C34CC5CC(CC(C5)C3)C4)CC2)n1. The zero-order valence-corrected chi connectivity index (χ0v) is 16.3. The number of amides is 1. The number of nitrogens with zero attached hydrogens (tertiary/aromatic N) is 4. The van der Waals surface area contributed by atoms with E-state index < -0.39 is 0 Å². The second kappa shape index (κ2) is 6.44. The topological polar surface area (TPSA) is 58.6 Å². The molecule has 1 aromatic heterocycles. The van der Waals surface area contributed by atoms with Crippen molar-refractivity contribution in [2.24, 2.45) is 23.2 Å². The standard InChI is InChI=1S/C19H28N4O2S/c1-25-12-16-20-18(26-21-16)23-4-2-22(3-5-23)17(24)19-9-13-6-14(10-19)8-15(7-13)11-19/h13-15H,2-12H2,1H3. The predicted octanol–water partition coefficient (Wildman–Crippen LogP) is 2.55. The molecule has 0 spiro atoms. The van der Waals surface area contributed by atoms with E-state index in [1.807, 2.05) is 0 Å². The summed E-state index contributed by atoms with van der Waals surface area (Å²) in [5.74, 6) is 3.69. The third-order valence-electron chi connectivity index (χ3n) is 7.06. The lowest BCUT2D eigenvalue weighted by Crippen LogP contribution is -2.58. The van der Waals surface area contributed by atoms with Crippen LogP contribution < -0.4 is 4.90 Å². The molecule has 1 aromatic rings. The van der Waals surface area contributed by atoms with Gasteiger partial charge in [0, 0.05) is 44.8 Å². The molecule has 0 radical (unpaired) electrons. The normalized spacial score (nSPS) is 36.0. The molecule has 5 aliphatic rings. The summed E-state index contributed by atoms with van der Waals surface area (Å²) in [5, 5.41) is 0.957. The summed E-state index contributed by atoms with van der Waals surface area (Å²) in [5.41, 5.74) is -0.00864. The molecular weight excluding hydrogens is 348 g/mol. The van der Waals surface area contributed by atoms with E-state index in [1.165, 1.54) is 30.8 Å². The van der Waals surface area contributed by atoms with E-state index in [4.69, 9.17) is 4.74 Å². The molecule has 0 N–H and O–H groups in total. The Kier molecular flexibility index (Phi) is 4.20. The van der Waals surface area contributed by atoms with Gasteiger partial charge in [-0.3, -0.25) is 4.79 Å². The molecule has 7 heteroatoms. The van der Waals surface area contributed by atoms with Gasteiger partial charge in [-0.05, 0) is 56.3 Å². The minimum atomic E-state index is -0.00864. The average molecular weight is 377 g/mol. The molecule has 4 saturated carbocycles. The van der Waals surface area contributed by atoms with Crippen LogP contribution in [0.5, 0.6) is 0 Å². The van der Waals surface area contributed by atoms with Crippen molar-refractivity contribution in [3.63, 3.8) is 0 Å². The molecule has 142 valence electrons. The predicted molar refractivity (Wildman–Crippen MR) is 100 cm³/mol. The molecule has 2 heterocycles. The number of hydrogen-bond acceptors (Lipinski definition) is 6. The van der Waals surface area contributed by atoms with E-state index in [0.717, 1.165) is 74.2 Å². The fourth-order valence-electron chi connectivity index (χ4n) is 6.37. The van der Waals surface area contributed by atoms with E-state index in [-0.39, 0.29) is 5.41 Å². The smallest absolute Gasteiger partial charge is 0.228 e. The summed E-state index contributed by atoms with van der Waals surface area (Å²) in [4.78, 5) is 22.4. The third kappa shape index (κ3) is 2.83. The highest BCUT2D eigenvalue weighted by atomic mass is 32.1. The first-order chi connectivity index (χ1) is 12.6. The lowest BCUT2D eigenvalue weighted by Gasteiger charge is -2.57. The van der Waals surface area contributed by atoms with Crippen LogP contribution in [0.15, 0.2) is 0 Å². The van der Waals surface area contributed by atoms with Crippen molar-refractivity contribution in [2.45, 2.75) is 45.1 Å². The molecule has 5 fully saturated rings. The quantitative estimate of drug-likeness (QED) is 0.808. The van der Waals surface area contributed by atoms with Gasteiger partial charge in [0.15, 0.2) is 5.82 Å². The summed E-state index contributed by atoms with van der Waals surface area (Å²) in [6.45, 7) is 3.82. The number of anilines is 1. The fourth-order valence-corrected chi connectivity index (χ4v) is 7.09. The van der Waals surface area contributed by atoms with Crippen LogP contribution in [-0.4, -0.2) is 53.5 Å². The molecule has 4 bridgehead atoms. The Balaban J connectivity index is 1.23. The van der Waals surface area contributed by atoms with Gasteiger partial charge in [0.1, 0.15) is 6.61 Å². The van der Waals surface area contributed by atoms with E-state index >= 15 is 0 Å². The Morgan fingerprint density at radius 2 is 1.73 bits per heavy atom. The van der Waals surface area contributed by atoms with E-state index in [1.54, 1.807) is 7.11 Å². The summed E-state index contributed by atoms with van der Waals surface area (Å²) in [7, 11) is 1.66. The van der Waals surface area contributed by atoms with Crippen molar-refractivity contribution in [1.82, 2.24) is 14.3 Å². The summed E-state index contributed by atoms with van der Waals surface area (Å²) < 4.78 is 9.45. The Hall–Kier alpha value is -1.21. The minimum absolute atomic E-state index is 0.00864. The van der Waals surface area contributed by atoms with Gasteiger partial charge < -0.3 is 14.5 Å². The van der Waals surface area contributed by atoms with Gasteiger partial charge >= 0.3 is 0 Å². The Bertz CT molecular complexity index is 648. The van der Waals surface area contributed by atoms with Crippen molar-refractivity contribution in [3.8, 4) is 0 Å². The maximum absolute atomic E-state index is 13.4. The maximum Gasteiger partial charge on any atom is 0.228 e. The zero-order chi connectivity index (χ0) is 17.7. The van der Waals surface area contributed by atoms with E-state index in [0.29, 0.717) is 12.5 Å². The van der Waals surface area contributed by atoms with Crippen LogP contribution >= 0.6 is 11.5 Å². The second-order valence-electron chi connectivity index (χ2n) is 8.90. The molecule has 0 aromatic carbocycles. The zero-order valence-electron chi connectivity index (χ0n) is 15.5. The first-order valence-corrected chi connectivity index (χ1v) is 10.8. The summed E-state index contributed by atoms with van der Waals surface area (Å²) in [6.07, 6.45) is 7.65. The number of carbonyl (C=O) groups excluding carboxylic acids is 1. The summed E-state index contributed by atoms with van der Waals surface area (Å²) >= 11 is 1.43. The van der Waals surface area contributed by atoms with Crippen LogP contribution in [-0.2, 0) is 16.1 Å². The highest BCUT2D eigenvalue weighted by molar-refractivity contribution is 7.09. The molecule has 4 aliphatic carbocycles. The van der Waals surface area contributed by atoms with Crippen LogP contribution in [0, 0.1) is 23.2 Å². The van der Waals surface area contributed by atoms with Gasteiger partial charge in [0.2, 0.25) is 11.0 Å². The lowest BCUT2D eigenvalue weighted by molar-refractivity contribution is -0.158. The van der Waals surface area contributed by atoms with Gasteiger partial charge in [-0.1, -0.05) is 0 Å². The van der Waals surface area contributed by atoms with Crippen molar-refractivity contribution in [1.29, 1.82) is 0 Å². The second-order valence-corrected chi connectivity index (χ2v) is 9.63. The number of piperazine rings is 1. The molecule has 6 nitrogen and oxygen atoms in total. The molecule has 1 saturated heterocycles. The fraction of sp³-hybridized carbons (Fsp3) is 0.842. The third-order valence-corrected chi connectivity index (χ3v) is 7.87. The van der Waals surface area contributed by atoms with Crippen LogP contribution in [0.25, 0.3) is 0 Å². The van der Waals surface area contributed by atoms with Crippen molar-refractivity contribution >= 4 is 22.6 Å². The van der Waals surface area contributed by atoms with Gasteiger partial charge in [-0.15, -0.1) is 0 Å². The average Bonchev–Trinajstić information content (AvgIpc) is 3.09. The van der Waals surface area contributed by atoms with Crippen molar-refractivity contribution < 1.29 is 9.53 Å². The maximum atomic E-state index is 13.4. The molecule has 1 amide bonds. The number of hydrogen-bond donors (Lipinski definition) is 0. The first-order valence-electron chi connectivity index (χ1n) is 10.0. The van der Waals surface area contributed by atoms with Gasteiger partial charge in [0.25, 0.3) is 0 Å².